The highest BCUT2D eigenvalue weighted by Gasteiger charge is 2.50. The molecule has 0 saturated carbocycles. The van der Waals surface area contributed by atoms with Crippen molar-refractivity contribution in [1.29, 1.82) is 0 Å². The Bertz CT molecular complexity index is 1030. The van der Waals surface area contributed by atoms with Gasteiger partial charge in [0.25, 0.3) is 5.91 Å². The fraction of sp³-hybridized carbons (Fsp3) is 0.440. The quantitative estimate of drug-likeness (QED) is 0.750. The summed E-state index contributed by atoms with van der Waals surface area (Å²) in [4.78, 5) is 31.9. The van der Waals surface area contributed by atoms with E-state index in [1.807, 2.05) is 40.1 Å². The minimum atomic E-state index is -0.00711. The average molecular weight is 420 g/mol. The molecule has 3 aliphatic heterocycles. The lowest BCUT2D eigenvalue weighted by Crippen LogP contribution is -2.42. The van der Waals surface area contributed by atoms with Crippen LogP contribution in [0.2, 0.25) is 0 Å². The molecule has 0 aliphatic carbocycles. The SMILES string of the molecule is Cc1ccccc1[C@H]1[C@@H]2CN(C(=O)c3ccc4c(c3)CCO4)C[C@@H]2CN1C(=O)N(C)C. The van der Waals surface area contributed by atoms with Crippen LogP contribution in [-0.2, 0) is 6.42 Å². The van der Waals surface area contributed by atoms with Crippen LogP contribution in [0.1, 0.15) is 33.1 Å². The van der Waals surface area contributed by atoms with Gasteiger partial charge in [0.2, 0.25) is 0 Å². The van der Waals surface area contributed by atoms with Crippen molar-refractivity contribution in [3.8, 4) is 5.75 Å². The third-order valence-electron chi connectivity index (χ3n) is 7.02. The van der Waals surface area contributed by atoms with Crippen molar-refractivity contribution in [3.63, 3.8) is 0 Å². The first-order chi connectivity index (χ1) is 14.9. The number of ether oxygens (including phenoxy) is 1. The second-order valence-electron chi connectivity index (χ2n) is 9.19. The number of hydrogen-bond acceptors (Lipinski definition) is 3. The molecule has 3 heterocycles. The highest BCUT2D eigenvalue weighted by molar-refractivity contribution is 5.95. The summed E-state index contributed by atoms with van der Waals surface area (Å²) in [5.41, 5.74) is 4.23. The Labute approximate surface area is 183 Å². The van der Waals surface area contributed by atoms with Gasteiger partial charge < -0.3 is 19.4 Å². The van der Waals surface area contributed by atoms with Crippen molar-refractivity contribution in [2.24, 2.45) is 11.8 Å². The van der Waals surface area contributed by atoms with E-state index in [9.17, 15) is 9.59 Å². The largest absolute Gasteiger partial charge is 0.493 e. The first-order valence-corrected chi connectivity index (χ1v) is 11.0. The molecule has 6 heteroatoms. The number of fused-ring (bicyclic) bond motifs is 2. The molecule has 3 atom stereocenters. The highest BCUT2D eigenvalue weighted by Crippen LogP contribution is 2.46. The molecule has 31 heavy (non-hydrogen) atoms. The zero-order chi connectivity index (χ0) is 21.7. The zero-order valence-corrected chi connectivity index (χ0v) is 18.4. The van der Waals surface area contributed by atoms with Gasteiger partial charge in [0, 0.05) is 57.5 Å². The molecule has 5 rings (SSSR count). The molecule has 3 amide bonds. The van der Waals surface area contributed by atoms with Gasteiger partial charge in [-0.15, -0.1) is 0 Å². The number of amides is 3. The van der Waals surface area contributed by atoms with E-state index in [2.05, 4.69) is 19.1 Å². The molecule has 0 unspecified atom stereocenters. The van der Waals surface area contributed by atoms with Gasteiger partial charge in [-0.05, 0) is 41.8 Å². The molecule has 6 nitrogen and oxygen atoms in total. The molecule has 0 aromatic heterocycles. The van der Waals surface area contributed by atoms with Crippen LogP contribution in [0, 0.1) is 18.8 Å². The maximum Gasteiger partial charge on any atom is 0.320 e. The Morgan fingerprint density at radius 1 is 1.06 bits per heavy atom. The summed E-state index contributed by atoms with van der Waals surface area (Å²) in [6, 6.07) is 14.1. The number of benzene rings is 2. The Kier molecular flexibility index (Phi) is 4.88. The first kappa shape index (κ1) is 19.9. The molecule has 2 fully saturated rings. The van der Waals surface area contributed by atoms with Crippen LogP contribution in [0.5, 0.6) is 5.75 Å². The van der Waals surface area contributed by atoms with Gasteiger partial charge in [0.1, 0.15) is 5.75 Å². The third-order valence-corrected chi connectivity index (χ3v) is 7.02. The molecule has 0 spiro atoms. The highest BCUT2D eigenvalue weighted by atomic mass is 16.5. The molecule has 3 aliphatic rings. The second-order valence-corrected chi connectivity index (χ2v) is 9.19. The monoisotopic (exact) mass is 419 g/mol. The van der Waals surface area contributed by atoms with Crippen LogP contribution in [0.25, 0.3) is 0 Å². The topological polar surface area (TPSA) is 53.1 Å². The molecular weight excluding hydrogens is 390 g/mol. The number of aryl methyl sites for hydroxylation is 1. The van der Waals surface area contributed by atoms with Gasteiger partial charge in [0.15, 0.2) is 0 Å². The van der Waals surface area contributed by atoms with E-state index in [-0.39, 0.29) is 29.8 Å². The summed E-state index contributed by atoms with van der Waals surface area (Å²) in [5, 5.41) is 0. The Balaban J connectivity index is 1.42. The lowest BCUT2D eigenvalue weighted by molar-refractivity contribution is 0.0766. The fourth-order valence-electron chi connectivity index (χ4n) is 5.48. The van der Waals surface area contributed by atoms with Crippen molar-refractivity contribution in [2.45, 2.75) is 19.4 Å². The number of carbonyl (C=O) groups is 2. The van der Waals surface area contributed by atoms with Gasteiger partial charge >= 0.3 is 6.03 Å². The van der Waals surface area contributed by atoms with E-state index in [4.69, 9.17) is 4.74 Å². The molecule has 0 N–H and O–H groups in total. The Hall–Kier alpha value is -3.02. The van der Waals surface area contributed by atoms with Crippen LogP contribution < -0.4 is 4.74 Å². The van der Waals surface area contributed by atoms with Crippen molar-refractivity contribution >= 4 is 11.9 Å². The molecule has 0 bridgehead atoms. The maximum atomic E-state index is 13.3. The predicted octanol–water partition coefficient (Wildman–Crippen LogP) is 3.36. The summed E-state index contributed by atoms with van der Waals surface area (Å²) in [6.07, 6.45) is 0.860. The zero-order valence-electron chi connectivity index (χ0n) is 18.4. The van der Waals surface area contributed by atoms with Crippen LogP contribution in [-0.4, -0.2) is 67.0 Å². The van der Waals surface area contributed by atoms with Gasteiger partial charge in [-0.25, -0.2) is 4.79 Å². The summed E-state index contributed by atoms with van der Waals surface area (Å²) >= 11 is 0. The second kappa shape index (κ2) is 7.59. The lowest BCUT2D eigenvalue weighted by atomic mass is 9.88. The molecule has 0 radical (unpaired) electrons. The molecule has 2 aromatic carbocycles. The van der Waals surface area contributed by atoms with Crippen molar-refractivity contribution < 1.29 is 14.3 Å². The molecule has 162 valence electrons. The normalized spacial score (nSPS) is 24.0. The maximum absolute atomic E-state index is 13.3. The standard InChI is InChI=1S/C25H29N3O3/c1-16-6-4-5-7-20(16)23-21-15-27(13-19(21)14-28(23)25(30)26(2)3)24(29)18-8-9-22-17(12-18)10-11-31-22/h4-9,12,19,21,23H,10-11,13-15H2,1-3H3/t19-,21-,23+/m1/s1. The van der Waals surface area contributed by atoms with E-state index < -0.39 is 0 Å². The number of urea groups is 1. The minimum absolute atomic E-state index is 0.00711. The van der Waals surface area contributed by atoms with Crippen LogP contribution >= 0.6 is 0 Å². The summed E-state index contributed by atoms with van der Waals surface area (Å²) in [6.45, 7) is 4.84. The van der Waals surface area contributed by atoms with Crippen molar-refractivity contribution in [2.75, 3.05) is 40.3 Å². The van der Waals surface area contributed by atoms with Crippen LogP contribution in [0.15, 0.2) is 42.5 Å². The van der Waals surface area contributed by atoms with Crippen LogP contribution in [0.4, 0.5) is 4.79 Å². The van der Waals surface area contributed by atoms with E-state index in [1.54, 1.807) is 19.0 Å². The third kappa shape index (κ3) is 3.34. The first-order valence-electron chi connectivity index (χ1n) is 11.0. The van der Waals surface area contributed by atoms with E-state index in [1.165, 1.54) is 11.1 Å². The minimum Gasteiger partial charge on any atom is -0.493 e. The summed E-state index contributed by atoms with van der Waals surface area (Å²) < 4.78 is 5.58. The molecule has 2 saturated heterocycles. The molecular formula is C25H29N3O3. The van der Waals surface area contributed by atoms with Gasteiger partial charge in [-0.2, -0.15) is 0 Å². The van der Waals surface area contributed by atoms with Gasteiger partial charge in [-0.1, -0.05) is 24.3 Å². The van der Waals surface area contributed by atoms with Gasteiger partial charge in [-0.3, -0.25) is 4.79 Å². The number of carbonyl (C=O) groups excluding carboxylic acids is 2. The Morgan fingerprint density at radius 2 is 1.87 bits per heavy atom. The van der Waals surface area contributed by atoms with E-state index in [0.29, 0.717) is 26.2 Å². The van der Waals surface area contributed by atoms with Crippen LogP contribution in [0.3, 0.4) is 0 Å². The van der Waals surface area contributed by atoms with E-state index >= 15 is 0 Å². The Morgan fingerprint density at radius 3 is 2.65 bits per heavy atom. The van der Waals surface area contributed by atoms with Gasteiger partial charge in [0.05, 0.1) is 12.6 Å². The number of likely N-dealkylation sites (tertiary alicyclic amines) is 2. The summed E-state index contributed by atoms with van der Waals surface area (Å²) in [7, 11) is 3.61. The van der Waals surface area contributed by atoms with Crippen molar-refractivity contribution in [1.82, 2.24) is 14.7 Å². The average Bonchev–Trinajstić information content (AvgIpc) is 3.46. The van der Waals surface area contributed by atoms with Crippen molar-refractivity contribution in [3.05, 3.63) is 64.7 Å². The number of rotatable bonds is 2. The fourth-order valence-corrected chi connectivity index (χ4v) is 5.48. The number of nitrogens with zero attached hydrogens (tertiary/aromatic N) is 3. The predicted molar refractivity (Wildman–Crippen MR) is 118 cm³/mol. The lowest BCUT2D eigenvalue weighted by Gasteiger charge is -2.32. The smallest absolute Gasteiger partial charge is 0.320 e. The number of hydrogen-bond donors (Lipinski definition) is 0. The summed E-state index contributed by atoms with van der Waals surface area (Å²) in [5.74, 6) is 1.51. The molecule has 2 aromatic rings. The van der Waals surface area contributed by atoms with E-state index in [0.717, 1.165) is 23.3 Å².